The van der Waals surface area contributed by atoms with Gasteiger partial charge in [-0.05, 0) is 24.1 Å². The molecule has 3 heteroatoms. The summed E-state index contributed by atoms with van der Waals surface area (Å²) < 4.78 is 25.2. The second kappa shape index (κ2) is 3.52. The van der Waals surface area contributed by atoms with Gasteiger partial charge in [-0.25, -0.2) is 4.39 Å². The Labute approximate surface area is 69.7 Å². The van der Waals surface area contributed by atoms with Crippen LogP contribution in [0.4, 0.5) is 8.78 Å². The molecule has 0 atom stereocenters. The average Bonchev–Trinajstić information content (AvgIpc) is 2.01. The third-order valence-corrected chi connectivity index (χ3v) is 1.61. The number of rotatable bonds is 2. The summed E-state index contributed by atoms with van der Waals surface area (Å²) in [6, 6.07) is 2.36. The van der Waals surface area contributed by atoms with Crippen LogP contribution in [-0.4, -0.2) is 5.11 Å². The Morgan fingerprint density at radius 3 is 2.50 bits per heavy atom. The molecule has 0 aromatic heterocycles. The molecule has 12 heavy (non-hydrogen) atoms. The standard InChI is InChI=1S/C9H10F2O/c1-2-3-6-4-7(10)9(11)8(12)5-6/h4-5,12H,2-3H2,1H3. The molecule has 1 aromatic carbocycles. The van der Waals surface area contributed by atoms with Gasteiger partial charge in [-0.15, -0.1) is 0 Å². The van der Waals surface area contributed by atoms with Crippen LogP contribution in [-0.2, 0) is 6.42 Å². The minimum absolute atomic E-state index is 0.613. The molecular weight excluding hydrogens is 162 g/mol. The van der Waals surface area contributed by atoms with E-state index in [-0.39, 0.29) is 0 Å². The summed E-state index contributed by atoms with van der Waals surface area (Å²) >= 11 is 0. The molecule has 0 saturated heterocycles. The van der Waals surface area contributed by atoms with E-state index < -0.39 is 17.4 Å². The lowest BCUT2D eigenvalue weighted by Gasteiger charge is -2.01. The molecule has 0 bridgehead atoms. The van der Waals surface area contributed by atoms with Gasteiger partial charge in [-0.1, -0.05) is 13.3 Å². The lowest BCUT2D eigenvalue weighted by atomic mass is 10.1. The van der Waals surface area contributed by atoms with Gasteiger partial charge in [0.25, 0.3) is 0 Å². The van der Waals surface area contributed by atoms with E-state index in [1.54, 1.807) is 0 Å². The zero-order valence-electron chi connectivity index (χ0n) is 6.77. The molecule has 0 unspecified atom stereocenters. The van der Waals surface area contributed by atoms with Gasteiger partial charge in [0.1, 0.15) is 0 Å². The summed E-state index contributed by atoms with van der Waals surface area (Å²) in [6.45, 7) is 1.93. The normalized spacial score (nSPS) is 10.2. The molecule has 1 N–H and O–H groups in total. The first-order valence-electron chi connectivity index (χ1n) is 3.82. The van der Waals surface area contributed by atoms with Gasteiger partial charge < -0.3 is 5.11 Å². The Morgan fingerprint density at radius 2 is 2.00 bits per heavy atom. The lowest BCUT2D eigenvalue weighted by Crippen LogP contribution is -1.90. The van der Waals surface area contributed by atoms with Crippen molar-refractivity contribution in [1.29, 1.82) is 0 Å². The molecule has 66 valence electrons. The van der Waals surface area contributed by atoms with Crippen molar-refractivity contribution < 1.29 is 13.9 Å². The van der Waals surface area contributed by atoms with Crippen LogP contribution in [0.15, 0.2) is 12.1 Å². The quantitative estimate of drug-likeness (QED) is 0.727. The summed E-state index contributed by atoms with van der Waals surface area (Å²) in [4.78, 5) is 0. The van der Waals surface area contributed by atoms with Crippen LogP contribution < -0.4 is 0 Å². The van der Waals surface area contributed by atoms with Gasteiger partial charge in [-0.2, -0.15) is 4.39 Å². The molecular formula is C9H10F2O. The number of aryl methyl sites for hydroxylation is 1. The van der Waals surface area contributed by atoms with Crippen LogP contribution in [0.5, 0.6) is 5.75 Å². The summed E-state index contributed by atoms with van der Waals surface area (Å²) in [5, 5.41) is 8.89. The number of hydrogen-bond donors (Lipinski definition) is 1. The smallest absolute Gasteiger partial charge is 0.200 e. The van der Waals surface area contributed by atoms with Gasteiger partial charge in [0, 0.05) is 0 Å². The fourth-order valence-corrected chi connectivity index (χ4v) is 1.06. The molecule has 1 nitrogen and oxygen atoms in total. The van der Waals surface area contributed by atoms with Crippen molar-refractivity contribution in [2.24, 2.45) is 0 Å². The monoisotopic (exact) mass is 172 g/mol. The topological polar surface area (TPSA) is 20.2 Å². The van der Waals surface area contributed by atoms with Crippen molar-refractivity contribution in [2.75, 3.05) is 0 Å². The molecule has 0 amide bonds. The van der Waals surface area contributed by atoms with E-state index in [9.17, 15) is 8.78 Å². The highest BCUT2D eigenvalue weighted by molar-refractivity contribution is 5.30. The molecule has 0 radical (unpaired) electrons. The molecule has 0 heterocycles. The number of aromatic hydroxyl groups is 1. The van der Waals surface area contributed by atoms with Crippen molar-refractivity contribution >= 4 is 0 Å². The molecule has 0 fully saturated rings. The van der Waals surface area contributed by atoms with Crippen LogP contribution in [0.2, 0.25) is 0 Å². The number of phenols is 1. The number of halogens is 2. The van der Waals surface area contributed by atoms with E-state index in [0.29, 0.717) is 12.0 Å². The predicted octanol–water partition coefficient (Wildman–Crippen LogP) is 2.62. The van der Waals surface area contributed by atoms with Gasteiger partial charge >= 0.3 is 0 Å². The summed E-state index contributed by atoms with van der Waals surface area (Å²) in [7, 11) is 0. The Hall–Kier alpha value is -1.12. The highest BCUT2D eigenvalue weighted by Crippen LogP contribution is 2.21. The Bertz CT molecular complexity index is 261. The Balaban J connectivity index is 3.04. The van der Waals surface area contributed by atoms with E-state index in [4.69, 9.17) is 5.11 Å². The molecule has 0 aliphatic rings. The maximum absolute atomic E-state index is 12.6. The number of benzene rings is 1. The van der Waals surface area contributed by atoms with E-state index in [1.165, 1.54) is 6.07 Å². The van der Waals surface area contributed by atoms with Crippen molar-refractivity contribution in [2.45, 2.75) is 19.8 Å². The maximum atomic E-state index is 12.6. The Kier molecular flexibility index (Phi) is 2.63. The third kappa shape index (κ3) is 1.72. The molecule has 0 aliphatic carbocycles. The molecule has 0 saturated carbocycles. The van der Waals surface area contributed by atoms with E-state index >= 15 is 0 Å². The van der Waals surface area contributed by atoms with Crippen molar-refractivity contribution in [3.63, 3.8) is 0 Å². The zero-order valence-corrected chi connectivity index (χ0v) is 6.77. The molecule has 0 spiro atoms. The van der Waals surface area contributed by atoms with E-state index in [0.717, 1.165) is 12.5 Å². The van der Waals surface area contributed by atoms with Crippen LogP contribution in [0.3, 0.4) is 0 Å². The largest absolute Gasteiger partial charge is 0.505 e. The zero-order chi connectivity index (χ0) is 9.14. The van der Waals surface area contributed by atoms with Gasteiger partial charge in [-0.3, -0.25) is 0 Å². The SMILES string of the molecule is CCCc1cc(O)c(F)c(F)c1. The minimum atomic E-state index is -1.17. The summed E-state index contributed by atoms with van der Waals surface area (Å²) in [5.74, 6) is -2.77. The van der Waals surface area contributed by atoms with Crippen molar-refractivity contribution in [3.05, 3.63) is 29.3 Å². The van der Waals surface area contributed by atoms with Crippen molar-refractivity contribution in [3.8, 4) is 5.75 Å². The second-order valence-corrected chi connectivity index (χ2v) is 2.66. The first-order valence-corrected chi connectivity index (χ1v) is 3.82. The third-order valence-electron chi connectivity index (χ3n) is 1.61. The first-order chi connectivity index (χ1) is 5.65. The fraction of sp³-hybridized carbons (Fsp3) is 0.333. The summed E-state index contributed by atoms with van der Waals surface area (Å²) in [5.41, 5.74) is 0.619. The molecule has 1 aromatic rings. The minimum Gasteiger partial charge on any atom is -0.505 e. The first kappa shape index (κ1) is 8.97. The maximum Gasteiger partial charge on any atom is 0.200 e. The highest BCUT2D eigenvalue weighted by Gasteiger charge is 2.08. The van der Waals surface area contributed by atoms with Crippen LogP contribution in [0.25, 0.3) is 0 Å². The van der Waals surface area contributed by atoms with Gasteiger partial charge in [0.15, 0.2) is 17.4 Å². The van der Waals surface area contributed by atoms with E-state index in [1.807, 2.05) is 6.92 Å². The number of phenolic OH excluding ortho intramolecular Hbond substituents is 1. The fourth-order valence-electron chi connectivity index (χ4n) is 1.06. The predicted molar refractivity (Wildman–Crippen MR) is 42.0 cm³/mol. The van der Waals surface area contributed by atoms with Gasteiger partial charge in [0.2, 0.25) is 0 Å². The Morgan fingerprint density at radius 1 is 1.33 bits per heavy atom. The highest BCUT2D eigenvalue weighted by atomic mass is 19.2. The van der Waals surface area contributed by atoms with Crippen LogP contribution in [0, 0.1) is 11.6 Å². The molecule has 0 aliphatic heterocycles. The van der Waals surface area contributed by atoms with Gasteiger partial charge in [0.05, 0.1) is 0 Å². The lowest BCUT2D eigenvalue weighted by molar-refractivity contribution is 0.405. The van der Waals surface area contributed by atoms with Crippen molar-refractivity contribution in [1.82, 2.24) is 0 Å². The number of hydrogen-bond acceptors (Lipinski definition) is 1. The average molecular weight is 172 g/mol. The van der Waals surface area contributed by atoms with E-state index in [2.05, 4.69) is 0 Å². The van der Waals surface area contributed by atoms with Crippen LogP contribution >= 0.6 is 0 Å². The molecule has 1 rings (SSSR count). The summed E-state index contributed by atoms with van der Waals surface area (Å²) in [6.07, 6.45) is 1.48. The second-order valence-electron chi connectivity index (χ2n) is 2.66. The van der Waals surface area contributed by atoms with Crippen LogP contribution in [0.1, 0.15) is 18.9 Å².